The number of aliphatic carboxylic acids is 1. The Labute approximate surface area is 114 Å². The Morgan fingerprint density at radius 1 is 1.42 bits per heavy atom. The largest absolute Gasteiger partial charge is 0.497 e. The van der Waals surface area contributed by atoms with Gasteiger partial charge in [0, 0.05) is 6.04 Å². The number of hydrogen-bond acceptors (Lipinski definition) is 3. The standard InChI is InChI=1S/C15H21NO3/c1-10-8-9-16(14(10)15(17)18)11(2)12-4-6-13(19-3)7-5-12/h4-7,10-11,14H,8-9H2,1-3H3,(H,17,18). The van der Waals surface area contributed by atoms with Crippen LogP contribution in [-0.4, -0.2) is 35.7 Å². The first-order valence-electron chi connectivity index (χ1n) is 6.67. The predicted octanol–water partition coefficient (Wildman–Crippen LogP) is 2.55. The van der Waals surface area contributed by atoms with E-state index in [1.54, 1.807) is 7.11 Å². The van der Waals surface area contributed by atoms with E-state index in [4.69, 9.17) is 4.74 Å². The molecule has 0 spiro atoms. The molecule has 19 heavy (non-hydrogen) atoms. The van der Waals surface area contributed by atoms with Crippen molar-refractivity contribution in [3.8, 4) is 5.75 Å². The summed E-state index contributed by atoms with van der Waals surface area (Å²) in [5, 5.41) is 9.37. The normalized spacial score (nSPS) is 25.2. The Hall–Kier alpha value is -1.55. The number of methoxy groups -OCH3 is 1. The van der Waals surface area contributed by atoms with E-state index in [-0.39, 0.29) is 18.0 Å². The fraction of sp³-hybridized carbons (Fsp3) is 0.533. The van der Waals surface area contributed by atoms with Crippen molar-refractivity contribution in [1.29, 1.82) is 0 Å². The van der Waals surface area contributed by atoms with Gasteiger partial charge in [-0.15, -0.1) is 0 Å². The zero-order chi connectivity index (χ0) is 14.0. The van der Waals surface area contributed by atoms with E-state index in [1.165, 1.54) is 0 Å². The van der Waals surface area contributed by atoms with Crippen molar-refractivity contribution in [2.45, 2.75) is 32.4 Å². The predicted molar refractivity (Wildman–Crippen MR) is 73.3 cm³/mol. The number of rotatable bonds is 4. The van der Waals surface area contributed by atoms with Crippen LogP contribution in [0, 0.1) is 5.92 Å². The maximum absolute atomic E-state index is 11.4. The van der Waals surface area contributed by atoms with Gasteiger partial charge in [0.25, 0.3) is 0 Å². The van der Waals surface area contributed by atoms with Gasteiger partial charge in [-0.05, 0) is 43.5 Å². The Morgan fingerprint density at radius 2 is 2.05 bits per heavy atom. The van der Waals surface area contributed by atoms with Crippen LogP contribution in [0.5, 0.6) is 5.75 Å². The lowest BCUT2D eigenvalue weighted by molar-refractivity contribution is -0.144. The van der Waals surface area contributed by atoms with E-state index in [1.807, 2.05) is 31.2 Å². The lowest BCUT2D eigenvalue weighted by atomic mass is 10.0. The molecular weight excluding hydrogens is 242 g/mol. The molecule has 0 saturated carbocycles. The molecule has 0 aromatic heterocycles. The van der Waals surface area contributed by atoms with Crippen LogP contribution in [0.2, 0.25) is 0 Å². The highest BCUT2D eigenvalue weighted by Gasteiger charge is 2.39. The molecule has 1 aromatic rings. The first kappa shape index (κ1) is 13.9. The topological polar surface area (TPSA) is 49.8 Å². The van der Waals surface area contributed by atoms with E-state index in [2.05, 4.69) is 11.8 Å². The van der Waals surface area contributed by atoms with E-state index in [0.717, 1.165) is 24.3 Å². The van der Waals surface area contributed by atoms with Crippen LogP contribution in [0.25, 0.3) is 0 Å². The van der Waals surface area contributed by atoms with Crippen molar-refractivity contribution in [2.75, 3.05) is 13.7 Å². The molecule has 104 valence electrons. The van der Waals surface area contributed by atoms with Gasteiger partial charge in [0.2, 0.25) is 0 Å². The molecule has 0 amide bonds. The van der Waals surface area contributed by atoms with Crippen LogP contribution < -0.4 is 4.74 Å². The summed E-state index contributed by atoms with van der Waals surface area (Å²) in [7, 11) is 1.64. The summed E-state index contributed by atoms with van der Waals surface area (Å²) >= 11 is 0. The first-order valence-corrected chi connectivity index (χ1v) is 6.67. The number of carboxylic acids is 1. The second-order valence-corrected chi connectivity index (χ2v) is 5.24. The molecule has 3 unspecified atom stereocenters. The Bertz CT molecular complexity index is 443. The maximum atomic E-state index is 11.4. The minimum atomic E-state index is -0.717. The zero-order valence-corrected chi connectivity index (χ0v) is 11.7. The molecule has 4 heteroatoms. The third-order valence-corrected chi connectivity index (χ3v) is 4.09. The van der Waals surface area contributed by atoms with Crippen molar-refractivity contribution >= 4 is 5.97 Å². The Kier molecular flexibility index (Phi) is 4.10. The van der Waals surface area contributed by atoms with E-state index in [9.17, 15) is 9.90 Å². The quantitative estimate of drug-likeness (QED) is 0.907. The number of nitrogens with zero attached hydrogens (tertiary/aromatic N) is 1. The molecule has 0 aliphatic carbocycles. The minimum Gasteiger partial charge on any atom is -0.497 e. The van der Waals surface area contributed by atoms with Gasteiger partial charge in [0.15, 0.2) is 0 Å². The lowest BCUT2D eigenvalue weighted by Crippen LogP contribution is -2.40. The minimum absolute atomic E-state index is 0.108. The summed E-state index contributed by atoms with van der Waals surface area (Å²) in [6.07, 6.45) is 0.942. The molecule has 0 bridgehead atoms. The van der Waals surface area contributed by atoms with Crippen molar-refractivity contribution in [2.24, 2.45) is 5.92 Å². The van der Waals surface area contributed by atoms with Gasteiger partial charge in [-0.1, -0.05) is 19.1 Å². The van der Waals surface area contributed by atoms with E-state index in [0.29, 0.717) is 0 Å². The van der Waals surface area contributed by atoms with Crippen LogP contribution in [0.15, 0.2) is 24.3 Å². The summed E-state index contributed by atoms with van der Waals surface area (Å²) < 4.78 is 5.14. The highest BCUT2D eigenvalue weighted by atomic mass is 16.5. The average Bonchev–Trinajstić information content (AvgIpc) is 2.80. The van der Waals surface area contributed by atoms with Crippen molar-refractivity contribution in [3.63, 3.8) is 0 Å². The first-order chi connectivity index (χ1) is 9.04. The molecule has 1 saturated heterocycles. The summed E-state index contributed by atoms with van der Waals surface area (Å²) in [5.41, 5.74) is 1.13. The van der Waals surface area contributed by atoms with Crippen LogP contribution in [0.1, 0.15) is 31.9 Å². The maximum Gasteiger partial charge on any atom is 0.321 e. The SMILES string of the molecule is COc1ccc(C(C)N2CCC(C)C2C(=O)O)cc1. The number of ether oxygens (including phenoxy) is 1. The van der Waals surface area contributed by atoms with E-state index >= 15 is 0 Å². The van der Waals surface area contributed by atoms with Gasteiger partial charge >= 0.3 is 5.97 Å². The number of likely N-dealkylation sites (tertiary alicyclic amines) is 1. The summed E-state index contributed by atoms with van der Waals surface area (Å²) in [6, 6.07) is 7.58. The third-order valence-electron chi connectivity index (χ3n) is 4.09. The van der Waals surface area contributed by atoms with Gasteiger partial charge in [0.1, 0.15) is 11.8 Å². The molecule has 1 heterocycles. The molecule has 1 aliphatic rings. The van der Waals surface area contributed by atoms with Gasteiger partial charge in [-0.2, -0.15) is 0 Å². The van der Waals surface area contributed by atoms with E-state index < -0.39 is 5.97 Å². The monoisotopic (exact) mass is 263 g/mol. The second-order valence-electron chi connectivity index (χ2n) is 5.24. The van der Waals surface area contributed by atoms with Crippen molar-refractivity contribution in [1.82, 2.24) is 4.90 Å². The van der Waals surface area contributed by atoms with Gasteiger partial charge < -0.3 is 9.84 Å². The second kappa shape index (κ2) is 5.61. The Balaban J connectivity index is 2.18. The molecule has 0 radical (unpaired) electrons. The highest BCUT2D eigenvalue weighted by Crippen LogP contribution is 2.33. The van der Waals surface area contributed by atoms with Crippen LogP contribution in [-0.2, 0) is 4.79 Å². The molecular formula is C15H21NO3. The van der Waals surface area contributed by atoms with Crippen molar-refractivity contribution in [3.05, 3.63) is 29.8 Å². The summed E-state index contributed by atoms with van der Waals surface area (Å²) in [4.78, 5) is 13.5. The lowest BCUT2D eigenvalue weighted by Gasteiger charge is -2.29. The third kappa shape index (κ3) is 2.73. The fourth-order valence-corrected chi connectivity index (χ4v) is 2.87. The molecule has 1 N–H and O–H groups in total. The molecule has 3 atom stereocenters. The number of hydrogen-bond donors (Lipinski definition) is 1. The number of carbonyl (C=O) groups is 1. The Morgan fingerprint density at radius 3 is 2.58 bits per heavy atom. The van der Waals surface area contributed by atoms with Crippen LogP contribution in [0.3, 0.4) is 0 Å². The summed E-state index contributed by atoms with van der Waals surface area (Å²) in [5.74, 6) is 0.309. The molecule has 1 aromatic carbocycles. The number of benzene rings is 1. The average molecular weight is 263 g/mol. The molecule has 1 fully saturated rings. The fourth-order valence-electron chi connectivity index (χ4n) is 2.87. The molecule has 2 rings (SSSR count). The highest BCUT2D eigenvalue weighted by molar-refractivity contribution is 5.74. The molecule has 1 aliphatic heterocycles. The zero-order valence-electron chi connectivity index (χ0n) is 11.7. The molecule has 4 nitrogen and oxygen atoms in total. The van der Waals surface area contributed by atoms with Crippen LogP contribution >= 0.6 is 0 Å². The van der Waals surface area contributed by atoms with Crippen molar-refractivity contribution < 1.29 is 14.6 Å². The van der Waals surface area contributed by atoms with Gasteiger partial charge in [0.05, 0.1) is 7.11 Å². The van der Waals surface area contributed by atoms with Crippen LogP contribution in [0.4, 0.5) is 0 Å². The summed E-state index contributed by atoms with van der Waals surface area (Å²) in [6.45, 7) is 4.92. The van der Waals surface area contributed by atoms with Gasteiger partial charge in [-0.25, -0.2) is 0 Å². The smallest absolute Gasteiger partial charge is 0.321 e. The number of carboxylic acid groups (broad SMARTS) is 1. The van der Waals surface area contributed by atoms with Gasteiger partial charge in [-0.3, -0.25) is 9.69 Å².